The maximum absolute atomic E-state index is 13.1. The second kappa shape index (κ2) is 6.88. The van der Waals surface area contributed by atoms with Crippen molar-refractivity contribution in [3.63, 3.8) is 0 Å². The molecule has 0 radical (unpaired) electrons. The van der Waals surface area contributed by atoms with Gasteiger partial charge in [0, 0.05) is 36.6 Å². The van der Waals surface area contributed by atoms with Crippen LogP contribution in [0.2, 0.25) is 0 Å². The predicted molar refractivity (Wildman–Crippen MR) is 96.5 cm³/mol. The van der Waals surface area contributed by atoms with E-state index in [1.807, 2.05) is 6.92 Å². The third-order valence-electron chi connectivity index (χ3n) is 4.41. The molecule has 0 saturated heterocycles. The predicted octanol–water partition coefficient (Wildman–Crippen LogP) is 1.78. The lowest BCUT2D eigenvalue weighted by Gasteiger charge is -2.26. The standard InChI is InChI=1S/C17H16N6O3S/c1-2-10-13(27-15(20-10)14-18-5-3-6-19-14)16(24)23-7-4-11-9(8-23)12(17(25)26)22-21-11/h3,5-6H,2,4,7-8H2,1H3,(H,21,22)(H,25,26). The summed E-state index contributed by atoms with van der Waals surface area (Å²) in [7, 11) is 0. The Hall–Kier alpha value is -3.14. The zero-order valence-electron chi connectivity index (χ0n) is 14.5. The molecule has 0 aliphatic carbocycles. The number of H-pyrrole nitrogens is 1. The van der Waals surface area contributed by atoms with E-state index >= 15 is 0 Å². The molecule has 27 heavy (non-hydrogen) atoms. The van der Waals surface area contributed by atoms with E-state index in [2.05, 4.69) is 25.1 Å². The first kappa shape index (κ1) is 17.3. The van der Waals surface area contributed by atoms with Crippen LogP contribution in [0.1, 0.15) is 44.0 Å². The molecule has 0 spiro atoms. The summed E-state index contributed by atoms with van der Waals surface area (Å²) >= 11 is 1.27. The van der Waals surface area contributed by atoms with Crippen molar-refractivity contribution in [3.05, 3.63) is 46.0 Å². The SMILES string of the molecule is CCc1nc(-c2ncccn2)sc1C(=O)N1CCc2[nH]nc(C(=O)O)c2C1. The minimum absolute atomic E-state index is 0.0269. The molecule has 1 aliphatic rings. The molecule has 10 heteroatoms. The lowest BCUT2D eigenvalue weighted by atomic mass is 10.0. The van der Waals surface area contributed by atoms with Gasteiger partial charge >= 0.3 is 5.97 Å². The Bertz CT molecular complexity index is 1010. The van der Waals surface area contributed by atoms with Crippen LogP contribution >= 0.6 is 11.3 Å². The van der Waals surface area contributed by atoms with Crippen LogP contribution in [-0.2, 0) is 19.4 Å². The van der Waals surface area contributed by atoms with Gasteiger partial charge in [-0.15, -0.1) is 11.3 Å². The number of aromatic amines is 1. The summed E-state index contributed by atoms with van der Waals surface area (Å²) in [5.41, 5.74) is 2.01. The van der Waals surface area contributed by atoms with E-state index in [-0.39, 0.29) is 18.1 Å². The van der Waals surface area contributed by atoms with Crippen LogP contribution in [0, 0.1) is 0 Å². The lowest BCUT2D eigenvalue weighted by Crippen LogP contribution is -2.36. The van der Waals surface area contributed by atoms with Crippen molar-refractivity contribution in [2.45, 2.75) is 26.3 Å². The molecule has 138 valence electrons. The number of aromatic nitrogens is 5. The summed E-state index contributed by atoms with van der Waals surface area (Å²) in [4.78, 5) is 39.6. The lowest BCUT2D eigenvalue weighted by molar-refractivity contribution is 0.0675. The normalized spacial score (nSPS) is 13.4. The van der Waals surface area contributed by atoms with Crippen molar-refractivity contribution in [1.29, 1.82) is 0 Å². The van der Waals surface area contributed by atoms with Gasteiger partial charge in [-0.1, -0.05) is 6.92 Å². The van der Waals surface area contributed by atoms with E-state index in [1.54, 1.807) is 23.4 Å². The van der Waals surface area contributed by atoms with Crippen LogP contribution in [0.25, 0.3) is 10.8 Å². The second-order valence-corrected chi connectivity index (χ2v) is 7.03. The Morgan fingerprint density at radius 2 is 2.11 bits per heavy atom. The number of hydrogen-bond acceptors (Lipinski definition) is 7. The van der Waals surface area contributed by atoms with E-state index in [9.17, 15) is 14.7 Å². The smallest absolute Gasteiger partial charge is 0.356 e. The van der Waals surface area contributed by atoms with Gasteiger partial charge in [-0.25, -0.2) is 19.7 Å². The molecular weight excluding hydrogens is 368 g/mol. The number of nitrogens with zero attached hydrogens (tertiary/aromatic N) is 5. The van der Waals surface area contributed by atoms with E-state index in [4.69, 9.17) is 0 Å². The molecule has 0 fully saturated rings. The number of carbonyl (C=O) groups excluding carboxylic acids is 1. The average molecular weight is 384 g/mol. The molecule has 9 nitrogen and oxygen atoms in total. The van der Waals surface area contributed by atoms with Gasteiger partial charge in [0.05, 0.1) is 12.2 Å². The molecule has 2 N–H and O–H groups in total. The van der Waals surface area contributed by atoms with Crippen LogP contribution < -0.4 is 0 Å². The fourth-order valence-corrected chi connectivity index (χ4v) is 4.12. The highest BCUT2D eigenvalue weighted by molar-refractivity contribution is 7.17. The highest BCUT2D eigenvalue weighted by Gasteiger charge is 2.30. The van der Waals surface area contributed by atoms with E-state index in [1.165, 1.54) is 11.3 Å². The van der Waals surface area contributed by atoms with E-state index in [0.29, 0.717) is 46.4 Å². The minimum Gasteiger partial charge on any atom is -0.476 e. The molecule has 1 amide bonds. The number of carboxylic acid groups (broad SMARTS) is 1. The van der Waals surface area contributed by atoms with Crippen LogP contribution in [0.4, 0.5) is 0 Å². The minimum atomic E-state index is -1.10. The highest BCUT2D eigenvalue weighted by atomic mass is 32.1. The highest BCUT2D eigenvalue weighted by Crippen LogP contribution is 2.29. The Balaban J connectivity index is 1.64. The number of rotatable bonds is 4. The molecule has 0 atom stereocenters. The first-order chi connectivity index (χ1) is 13.1. The molecule has 3 aromatic heterocycles. The third kappa shape index (κ3) is 3.08. The van der Waals surface area contributed by atoms with Crippen LogP contribution in [0.3, 0.4) is 0 Å². The molecule has 0 saturated carbocycles. The summed E-state index contributed by atoms with van der Waals surface area (Å²) in [5.74, 6) is -0.771. The first-order valence-electron chi connectivity index (χ1n) is 8.44. The van der Waals surface area contributed by atoms with Crippen LogP contribution in [0.15, 0.2) is 18.5 Å². The summed E-state index contributed by atoms with van der Waals surface area (Å²) < 4.78 is 0. The fourth-order valence-electron chi connectivity index (χ4n) is 3.05. The van der Waals surface area contributed by atoms with Crippen molar-refractivity contribution >= 4 is 23.2 Å². The van der Waals surface area contributed by atoms with Gasteiger partial charge in [0.15, 0.2) is 16.5 Å². The number of aromatic carboxylic acids is 1. The van der Waals surface area contributed by atoms with Gasteiger partial charge in [-0.05, 0) is 12.5 Å². The van der Waals surface area contributed by atoms with Gasteiger partial charge in [-0.2, -0.15) is 5.10 Å². The van der Waals surface area contributed by atoms with Gasteiger partial charge < -0.3 is 10.0 Å². The topological polar surface area (TPSA) is 125 Å². The summed E-state index contributed by atoms with van der Waals surface area (Å²) in [6.07, 6.45) is 4.41. The molecule has 4 rings (SSSR count). The van der Waals surface area contributed by atoms with Gasteiger partial charge in [0.2, 0.25) is 0 Å². The van der Waals surface area contributed by atoms with Crippen molar-refractivity contribution in [2.75, 3.05) is 6.54 Å². The zero-order chi connectivity index (χ0) is 19.0. The number of amides is 1. The van der Waals surface area contributed by atoms with Gasteiger partial charge in [0.1, 0.15) is 4.88 Å². The van der Waals surface area contributed by atoms with Crippen LogP contribution in [0.5, 0.6) is 0 Å². The number of fused-ring (bicyclic) bond motifs is 1. The molecule has 3 aromatic rings. The van der Waals surface area contributed by atoms with Crippen molar-refractivity contribution in [3.8, 4) is 10.8 Å². The molecule has 1 aliphatic heterocycles. The Kier molecular flexibility index (Phi) is 4.40. The average Bonchev–Trinajstić information content (AvgIpc) is 3.31. The van der Waals surface area contributed by atoms with E-state index in [0.717, 1.165) is 5.69 Å². The largest absolute Gasteiger partial charge is 0.476 e. The Labute approximate surface area is 158 Å². The fraction of sp³-hybridized carbons (Fsp3) is 0.294. The quantitative estimate of drug-likeness (QED) is 0.702. The Morgan fingerprint density at radius 1 is 1.33 bits per heavy atom. The van der Waals surface area contributed by atoms with Gasteiger partial charge in [-0.3, -0.25) is 9.89 Å². The number of hydrogen-bond donors (Lipinski definition) is 2. The molecular formula is C17H16N6O3S. The van der Waals surface area contributed by atoms with E-state index < -0.39 is 5.97 Å². The molecule has 0 unspecified atom stereocenters. The third-order valence-corrected chi connectivity index (χ3v) is 5.49. The van der Waals surface area contributed by atoms with Crippen molar-refractivity contribution < 1.29 is 14.7 Å². The molecule has 4 heterocycles. The summed E-state index contributed by atoms with van der Waals surface area (Å²) in [6.45, 7) is 2.64. The number of nitrogens with one attached hydrogen (secondary N) is 1. The number of aryl methyl sites for hydroxylation is 1. The number of thiazole rings is 1. The molecule has 0 aromatic carbocycles. The number of carboxylic acids is 1. The maximum Gasteiger partial charge on any atom is 0.356 e. The van der Waals surface area contributed by atoms with Crippen molar-refractivity contribution in [2.24, 2.45) is 0 Å². The summed E-state index contributed by atoms with van der Waals surface area (Å²) in [5, 5.41) is 16.5. The second-order valence-electron chi connectivity index (χ2n) is 6.03. The zero-order valence-corrected chi connectivity index (χ0v) is 15.3. The molecule has 0 bridgehead atoms. The maximum atomic E-state index is 13.1. The first-order valence-corrected chi connectivity index (χ1v) is 9.26. The Morgan fingerprint density at radius 3 is 2.81 bits per heavy atom. The van der Waals surface area contributed by atoms with Crippen molar-refractivity contribution in [1.82, 2.24) is 30.0 Å². The van der Waals surface area contributed by atoms with Gasteiger partial charge in [0.25, 0.3) is 5.91 Å². The monoisotopic (exact) mass is 384 g/mol. The van der Waals surface area contributed by atoms with Crippen LogP contribution in [-0.4, -0.2) is 53.6 Å². The summed E-state index contributed by atoms with van der Waals surface area (Å²) in [6, 6.07) is 1.72. The number of carbonyl (C=O) groups is 2.